The van der Waals surface area contributed by atoms with Crippen molar-refractivity contribution in [2.24, 2.45) is 5.92 Å². The second-order valence-electron chi connectivity index (χ2n) is 3.69. The van der Waals surface area contributed by atoms with Gasteiger partial charge in [0.05, 0.1) is 5.92 Å². The molecule has 0 radical (unpaired) electrons. The molecule has 0 atom stereocenters. The highest BCUT2D eigenvalue weighted by Gasteiger charge is 2.13. The van der Waals surface area contributed by atoms with Crippen molar-refractivity contribution in [3.05, 3.63) is 0 Å². The number of amides is 1. The zero-order valence-corrected chi connectivity index (χ0v) is 10.1. The maximum atomic E-state index is 11.2. The predicted molar refractivity (Wildman–Crippen MR) is 57.4 cm³/mol. The molecule has 0 bridgehead atoms. The number of carbonyl (C=O) groups is 3. The summed E-state index contributed by atoms with van der Waals surface area (Å²) in [6.45, 7) is 2.81. The zero-order valence-electron chi connectivity index (χ0n) is 10.1. The summed E-state index contributed by atoms with van der Waals surface area (Å²) in [4.78, 5) is 33.4. The van der Waals surface area contributed by atoms with Crippen molar-refractivity contribution in [1.29, 1.82) is 0 Å². The highest BCUT2D eigenvalue weighted by molar-refractivity contribution is 5.76. The molecule has 0 heterocycles. The van der Waals surface area contributed by atoms with E-state index < -0.39 is 18.6 Å². The molecular formula is C10H17NO6. The van der Waals surface area contributed by atoms with E-state index in [1.807, 2.05) is 0 Å². The number of hydrogen-bond acceptors (Lipinski definition) is 5. The van der Waals surface area contributed by atoms with Gasteiger partial charge in [0.25, 0.3) is 0 Å². The molecule has 0 rings (SSSR count). The van der Waals surface area contributed by atoms with Crippen LogP contribution in [-0.2, 0) is 19.1 Å². The van der Waals surface area contributed by atoms with Gasteiger partial charge in [-0.2, -0.15) is 0 Å². The van der Waals surface area contributed by atoms with Crippen LogP contribution in [0, 0.1) is 5.92 Å². The fourth-order valence-electron chi connectivity index (χ4n) is 0.816. The van der Waals surface area contributed by atoms with E-state index in [1.165, 1.54) is 7.05 Å². The van der Waals surface area contributed by atoms with Crippen LogP contribution in [-0.4, -0.2) is 54.8 Å². The summed E-state index contributed by atoms with van der Waals surface area (Å²) in [6, 6.07) is 0. The fourth-order valence-corrected chi connectivity index (χ4v) is 0.816. The monoisotopic (exact) mass is 247 g/mol. The number of carbonyl (C=O) groups excluding carboxylic acids is 2. The van der Waals surface area contributed by atoms with Crippen LogP contribution in [0.4, 0.5) is 4.79 Å². The van der Waals surface area contributed by atoms with Gasteiger partial charge in [-0.1, -0.05) is 13.8 Å². The third-order valence-corrected chi connectivity index (χ3v) is 1.71. The normalized spacial score (nSPS) is 9.88. The summed E-state index contributed by atoms with van der Waals surface area (Å²) < 4.78 is 9.44. The zero-order chi connectivity index (χ0) is 13.4. The molecule has 0 saturated heterocycles. The summed E-state index contributed by atoms with van der Waals surface area (Å²) in [5.41, 5.74) is 0. The van der Waals surface area contributed by atoms with E-state index in [-0.39, 0.29) is 25.1 Å². The van der Waals surface area contributed by atoms with E-state index in [0.29, 0.717) is 0 Å². The lowest BCUT2D eigenvalue weighted by Crippen LogP contribution is -2.33. The molecule has 17 heavy (non-hydrogen) atoms. The van der Waals surface area contributed by atoms with Crippen molar-refractivity contribution in [3.8, 4) is 0 Å². The van der Waals surface area contributed by atoms with Crippen molar-refractivity contribution in [3.63, 3.8) is 0 Å². The van der Waals surface area contributed by atoms with Crippen molar-refractivity contribution in [1.82, 2.24) is 4.90 Å². The Hall–Kier alpha value is -1.79. The maximum Gasteiger partial charge on any atom is 0.410 e. The Kier molecular flexibility index (Phi) is 6.69. The Labute approximate surface area is 99.3 Å². The minimum absolute atomic E-state index is 0.0380. The largest absolute Gasteiger partial charge is 0.480 e. The Bertz CT molecular complexity index is 289. The van der Waals surface area contributed by atoms with Gasteiger partial charge in [-0.15, -0.1) is 0 Å². The molecule has 7 nitrogen and oxygen atoms in total. The summed E-state index contributed by atoms with van der Waals surface area (Å²) >= 11 is 0. The lowest BCUT2D eigenvalue weighted by molar-refractivity contribution is -0.148. The molecule has 0 spiro atoms. The average Bonchev–Trinajstić information content (AvgIpc) is 2.22. The number of ether oxygens (including phenoxy) is 2. The summed E-state index contributed by atoms with van der Waals surface area (Å²) in [7, 11) is 1.30. The Morgan fingerprint density at radius 3 is 2.18 bits per heavy atom. The molecule has 1 N–H and O–H groups in total. The van der Waals surface area contributed by atoms with Gasteiger partial charge in [-0.3, -0.25) is 9.59 Å². The number of nitrogens with zero attached hydrogens (tertiary/aromatic N) is 1. The maximum absolute atomic E-state index is 11.2. The van der Waals surface area contributed by atoms with E-state index in [9.17, 15) is 14.4 Å². The van der Waals surface area contributed by atoms with Gasteiger partial charge in [0, 0.05) is 7.05 Å². The fraction of sp³-hybridized carbons (Fsp3) is 0.700. The first-order chi connectivity index (χ1) is 7.84. The Morgan fingerprint density at radius 2 is 1.71 bits per heavy atom. The highest BCUT2D eigenvalue weighted by Crippen LogP contribution is 1.96. The SMILES string of the molecule is CC(C)C(=O)OCCOC(=O)N(C)CC(=O)O. The van der Waals surface area contributed by atoms with Crippen LogP contribution < -0.4 is 0 Å². The van der Waals surface area contributed by atoms with Crippen molar-refractivity contribution < 1.29 is 29.0 Å². The van der Waals surface area contributed by atoms with Crippen LogP contribution in [0.25, 0.3) is 0 Å². The first kappa shape index (κ1) is 15.2. The minimum Gasteiger partial charge on any atom is -0.480 e. The summed E-state index contributed by atoms with van der Waals surface area (Å²) in [5.74, 6) is -1.74. The van der Waals surface area contributed by atoms with E-state index in [1.54, 1.807) is 13.8 Å². The molecule has 0 aliphatic rings. The highest BCUT2D eigenvalue weighted by atomic mass is 16.6. The molecule has 0 aliphatic carbocycles. The van der Waals surface area contributed by atoms with Crippen molar-refractivity contribution in [2.75, 3.05) is 26.8 Å². The van der Waals surface area contributed by atoms with Gasteiger partial charge in [0.15, 0.2) is 0 Å². The lowest BCUT2D eigenvalue weighted by Gasteiger charge is -2.14. The molecule has 0 aromatic carbocycles. The van der Waals surface area contributed by atoms with Crippen LogP contribution in [0.15, 0.2) is 0 Å². The topological polar surface area (TPSA) is 93.1 Å². The Balaban J connectivity index is 3.71. The third kappa shape index (κ3) is 7.15. The number of likely N-dealkylation sites (N-methyl/N-ethyl adjacent to an activating group) is 1. The molecule has 0 aromatic rings. The predicted octanol–water partition coefficient (Wildman–Crippen LogP) is 0.339. The number of carboxylic acids is 1. The minimum atomic E-state index is -1.13. The second kappa shape index (κ2) is 7.48. The standard InChI is InChI=1S/C10H17NO6/c1-7(2)9(14)16-4-5-17-10(15)11(3)6-8(12)13/h7H,4-6H2,1-3H3,(H,12,13). The number of esters is 1. The van der Waals surface area contributed by atoms with Gasteiger partial charge in [-0.25, -0.2) is 4.79 Å². The van der Waals surface area contributed by atoms with Crippen LogP contribution in [0.1, 0.15) is 13.8 Å². The molecular weight excluding hydrogens is 230 g/mol. The number of aliphatic carboxylic acids is 1. The van der Waals surface area contributed by atoms with Crippen molar-refractivity contribution in [2.45, 2.75) is 13.8 Å². The van der Waals surface area contributed by atoms with E-state index >= 15 is 0 Å². The van der Waals surface area contributed by atoms with Gasteiger partial charge in [0.2, 0.25) is 0 Å². The third-order valence-electron chi connectivity index (χ3n) is 1.71. The summed E-state index contributed by atoms with van der Waals surface area (Å²) in [6.07, 6.45) is -0.770. The molecule has 0 saturated carbocycles. The molecule has 0 aromatic heterocycles. The smallest absolute Gasteiger partial charge is 0.410 e. The molecule has 98 valence electrons. The number of carboxylic acid groups (broad SMARTS) is 1. The van der Waals surface area contributed by atoms with Gasteiger partial charge in [0.1, 0.15) is 19.8 Å². The van der Waals surface area contributed by atoms with Crippen LogP contribution in [0.2, 0.25) is 0 Å². The molecule has 0 fully saturated rings. The van der Waals surface area contributed by atoms with Crippen molar-refractivity contribution >= 4 is 18.0 Å². The first-order valence-corrected chi connectivity index (χ1v) is 5.11. The molecule has 0 unspecified atom stereocenters. The van der Waals surface area contributed by atoms with Crippen LogP contribution >= 0.6 is 0 Å². The summed E-state index contributed by atoms with van der Waals surface area (Å²) in [5, 5.41) is 8.42. The quantitative estimate of drug-likeness (QED) is 0.537. The lowest BCUT2D eigenvalue weighted by atomic mass is 10.2. The Morgan fingerprint density at radius 1 is 1.18 bits per heavy atom. The van der Waals surface area contributed by atoms with Gasteiger partial charge < -0.3 is 19.5 Å². The molecule has 1 amide bonds. The van der Waals surface area contributed by atoms with E-state index in [4.69, 9.17) is 9.84 Å². The number of hydrogen-bond donors (Lipinski definition) is 1. The first-order valence-electron chi connectivity index (χ1n) is 5.11. The van der Waals surface area contributed by atoms with Gasteiger partial charge in [-0.05, 0) is 0 Å². The van der Waals surface area contributed by atoms with E-state index in [0.717, 1.165) is 4.90 Å². The van der Waals surface area contributed by atoms with E-state index in [2.05, 4.69) is 4.74 Å². The second-order valence-corrected chi connectivity index (χ2v) is 3.69. The molecule has 7 heteroatoms. The molecule has 0 aliphatic heterocycles. The van der Waals surface area contributed by atoms with Gasteiger partial charge >= 0.3 is 18.0 Å². The van der Waals surface area contributed by atoms with Crippen LogP contribution in [0.3, 0.4) is 0 Å². The van der Waals surface area contributed by atoms with Crippen LogP contribution in [0.5, 0.6) is 0 Å². The number of rotatable bonds is 6. The average molecular weight is 247 g/mol.